The van der Waals surface area contributed by atoms with E-state index in [1.54, 1.807) is 6.92 Å². The Morgan fingerprint density at radius 1 is 1.78 bits per heavy atom. The minimum Gasteiger partial charge on any atom is -0.411 e. The first-order chi connectivity index (χ1) is 4.12. The molecule has 9 heavy (non-hydrogen) atoms. The predicted octanol–water partition coefficient (Wildman–Crippen LogP) is 0.826. The molecule has 0 bridgehead atoms. The van der Waals surface area contributed by atoms with Crippen molar-refractivity contribution in [3.63, 3.8) is 0 Å². The highest BCUT2D eigenvalue weighted by atomic mass is 35.5. The summed E-state index contributed by atoms with van der Waals surface area (Å²) in [5.74, 6) is 0.138. The lowest BCUT2D eigenvalue weighted by molar-refractivity contribution is 0.0925. The van der Waals surface area contributed by atoms with E-state index in [0.29, 0.717) is 0 Å². The fourth-order valence-corrected chi connectivity index (χ4v) is 0.401. The molecule has 0 radical (unpaired) electrons. The number of oxime groups is 1. The van der Waals surface area contributed by atoms with Crippen LogP contribution in [-0.4, -0.2) is 28.0 Å². The van der Waals surface area contributed by atoms with Crippen LogP contribution in [0.3, 0.4) is 0 Å². The lowest BCUT2D eigenvalue weighted by Gasteiger charge is -2.15. The van der Waals surface area contributed by atoms with Gasteiger partial charge in [0.25, 0.3) is 0 Å². The second-order valence-electron chi connectivity index (χ2n) is 2.13. The Bertz CT molecular complexity index is 103. The number of hydrogen-bond donors (Lipinski definition) is 2. The monoisotopic (exact) mass is 151 g/mol. The fraction of sp³-hybridized carbons (Fsp3) is 0.800. The lowest BCUT2D eigenvalue weighted by atomic mass is 10.1. The zero-order chi connectivity index (χ0) is 7.33. The maximum atomic E-state index is 9.12. The van der Waals surface area contributed by atoms with Crippen LogP contribution >= 0.6 is 11.6 Å². The first-order valence-corrected chi connectivity index (χ1v) is 3.10. The molecule has 0 saturated heterocycles. The van der Waals surface area contributed by atoms with Crippen molar-refractivity contribution in [3.8, 4) is 0 Å². The molecule has 0 saturated carbocycles. The largest absolute Gasteiger partial charge is 0.411 e. The molecular weight excluding hydrogens is 142 g/mol. The normalized spacial score (nSPS) is 18.1. The molecule has 2 N–H and O–H groups in total. The van der Waals surface area contributed by atoms with E-state index in [1.165, 1.54) is 6.21 Å². The van der Waals surface area contributed by atoms with E-state index in [4.69, 9.17) is 21.9 Å². The summed E-state index contributed by atoms with van der Waals surface area (Å²) >= 11 is 5.34. The number of halogens is 1. The highest BCUT2D eigenvalue weighted by molar-refractivity contribution is 6.18. The molecule has 0 aromatic rings. The summed E-state index contributed by atoms with van der Waals surface area (Å²) in [5.41, 5.74) is -0.951. The van der Waals surface area contributed by atoms with Crippen molar-refractivity contribution >= 4 is 17.8 Å². The molecule has 0 fully saturated rings. The van der Waals surface area contributed by atoms with Crippen molar-refractivity contribution < 1.29 is 10.3 Å². The summed E-state index contributed by atoms with van der Waals surface area (Å²) in [4.78, 5) is 0. The minimum atomic E-state index is -0.951. The first kappa shape index (κ1) is 8.72. The molecular formula is C5H10ClNO2. The zero-order valence-corrected chi connectivity index (χ0v) is 5.97. The predicted molar refractivity (Wildman–Crippen MR) is 36.2 cm³/mol. The Morgan fingerprint density at radius 3 is 2.67 bits per heavy atom. The van der Waals surface area contributed by atoms with E-state index in [1.807, 2.05) is 0 Å². The van der Waals surface area contributed by atoms with Gasteiger partial charge in [0, 0.05) is 12.6 Å². The van der Waals surface area contributed by atoms with Gasteiger partial charge >= 0.3 is 0 Å². The number of hydrogen-bond acceptors (Lipinski definition) is 3. The van der Waals surface area contributed by atoms with Gasteiger partial charge in [-0.25, -0.2) is 0 Å². The standard InChI is InChI=1S/C5H10ClNO2/c1-5(8,4-6)2-3-7-9/h3,8-9H,2,4H2,1H3/b7-3+. The highest BCUT2D eigenvalue weighted by Gasteiger charge is 2.16. The molecule has 1 unspecified atom stereocenters. The first-order valence-electron chi connectivity index (χ1n) is 2.56. The van der Waals surface area contributed by atoms with E-state index in [9.17, 15) is 0 Å². The SMILES string of the molecule is CC(O)(CCl)C/C=N/O. The smallest absolute Gasteiger partial charge is 0.0804 e. The van der Waals surface area contributed by atoms with Crippen molar-refractivity contribution in [1.29, 1.82) is 0 Å². The Kier molecular flexibility index (Phi) is 3.58. The molecule has 0 rings (SSSR count). The summed E-state index contributed by atoms with van der Waals surface area (Å²) in [6.45, 7) is 1.57. The van der Waals surface area contributed by atoms with Gasteiger partial charge < -0.3 is 10.3 Å². The fourth-order valence-electron chi connectivity index (χ4n) is 0.292. The van der Waals surface area contributed by atoms with Crippen molar-refractivity contribution in [2.75, 3.05) is 5.88 Å². The molecule has 0 spiro atoms. The molecule has 0 aliphatic rings. The van der Waals surface area contributed by atoms with Gasteiger partial charge in [-0.1, -0.05) is 0 Å². The summed E-state index contributed by atoms with van der Waals surface area (Å²) in [6.07, 6.45) is 1.48. The van der Waals surface area contributed by atoms with Crippen LogP contribution in [-0.2, 0) is 0 Å². The maximum absolute atomic E-state index is 9.12. The van der Waals surface area contributed by atoms with Crippen molar-refractivity contribution in [2.45, 2.75) is 18.9 Å². The number of rotatable bonds is 3. The molecule has 0 aromatic carbocycles. The summed E-state index contributed by atoms with van der Waals surface area (Å²) in [5, 5.41) is 19.8. The summed E-state index contributed by atoms with van der Waals surface area (Å²) in [6, 6.07) is 0. The number of alkyl halides is 1. The van der Waals surface area contributed by atoms with Crippen LogP contribution < -0.4 is 0 Å². The molecule has 3 nitrogen and oxygen atoms in total. The van der Waals surface area contributed by atoms with Crippen LogP contribution in [0.25, 0.3) is 0 Å². The molecule has 0 heterocycles. The van der Waals surface area contributed by atoms with Gasteiger partial charge in [0.15, 0.2) is 0 Å². The third-order valence-electron chi connectivity index (χ3n) is 0.901. The second kappa shape index (κ2) is 3.69. The summed E-state index contributed by atoms with van der Waals surface area (Å²) in [7, 11) is 0. The Hall–Kier alpha value is -0.280. The van der Waals surface area contributed by atoms with Crippen LogP contribution in [0.15, 0.2) is 5.16 Å². The summed E-state index contributed by atoms with van der Waals surface area (Å²) < 4.78 is 0. The maximum Gasteiger partial charge on any atom is 0.0804 e. The Morgan fingerprint density at radius 2 is 2.33 bits per heavy atom. The number of aliphatic hydroxyl groups is 1. The van der Waals surface area contributed by atoms with Gasteiger partial charge in [-0.3, -0.25) is 0 Å². The van der Waals surface area contributed by atoms with E-state index in [0.717, 1.165) is 0 Å². The van der Waals surface area contributed by atoms with Crippen molar-refractivity contribution in [1.82, 2.24) is 0 Å². The number of nitrogens with zero attached hydrogens (tertiary/aromatic N) is 1. The van der Waals surface area contributed by atoms with Crippen LogP contribution in [0, 0.1) is 0 Å². The van der Waals surface area contributed by atoms with Gasteiger partial charge in [0.2, 0.25) is 0 Å². The topological polar surface area (TPSA) is 52.8 Å². The third-order valence-corrected chi connectivity index (χ3v) is 1.48. The average molecular weight is 152 g/mol. The van der Waals surface area contributed by atoms with E-state index in [2.05, 4.69) is 5.16 Å². The van der Waals surface area contributed by atoms with E-state index >= 15 is 0 Å². The minimum absolute atomic E-state index is 0.138. The van der Waals surface area contributed by atoms with Gasteiger partial charge in [0.05, 0.1) is 11.5 Å². The lowest BCUT2D eigenvalue weighted by Crippen LogP contribution is -2.26. The Labute approximate surface area is 58.9 Å². The van der Waals surface area contributed by atoms with Crippen LogP contribution in [0.5, 0.6) is 0 Å². The van der Waals surface area contributed by atoms with Crippen LogP contribution in [0.4, 0.5) is 0 Å². The van der Waals surface area contributed by atoms with Gasteiger partial charge in [0.1, 0.15) is 0 Å². The second-order valence-corrected chi connectivity index (χ2v) is 2.40. The molecule has 4 heteroatoms. The molecule has 54 valence electrons. The Balaban J connectivity index is 3.58. The van der Waals surface area contributed by atoms with Gasteiger partial charge in [-0.2, -0.15) is 0 Å². The third kappa shape index (κ3) is 4.24. The molecule has 0 aliphatic carbocycles. The zero-order valence-electron chi connectivity index (χ0n) is 5.21. The van der Waals surface area contributed by atoms with Crippen molar-refractivity contribution in [2.24, 2.45) is 5.16 Å². The quantitative estimate of drug-likeness (QED) is 0.272. The van der Waals surface area contributed by atoms with Crippen LogP contribution in [0.1, 0.15) is 13.3 Å². The van der Waals surface area contributed by atoms with Crippen molar-refractivity contribution in [3.05, 3.63) is 0 Å². The molecule has 0 aromatic heterocycles. The van der Waals surface area contributed by atoms with Gasteiger partial charge in [-0.15, -0.1) is 16.8 Å². The van der Waals surface area contributed by atoms with E-state index < -0.39 is 5.60 Å². The molecule has 1 atom stereocenters. The van der Waals surface area contributed by atoms with E-state index in [-0.39, 0.29) is 12.3 Å². The highest BCUT2D eigenvalue weighted by Crippen LogP contribution is 2.08. The average Bonchev–Trinajstić information content (AvgIpc) is 1.84. The molecule has 0 aliphatic heterocycles. The van der Waals surface area contributed by atoms with Gasteiger partial charge in [-0.05, 0) is 6.92 Å². The molecule has 0 amide bonds. The van der Waals surface area contributed by atoms with Crippen LogP contribution in [0.2, 0.25) is 0 Å².